The third-order valence-electron chi connectivity index (χ3n) is 5.04. The van der Waals surface area contributed by atoms with E-state index in [2.05, 4.69) is 32.3 Å². The summed E-state index contributed by atoms with van der Waals surface area (Å²) in [6.07, 6.45) is 6.69. The quantitative estimate of drug-likeness (QED) is 0.571. The Morgan fingerprint density at radius 2 is 2.22 bits per heavy atom. The monoisotopic (exact) mass is 320 g/mol. The lowest BCUT2D eigenvalue weighted by atomic mass is 9.96. The molecule has 2 fully saturated rings. The molecule has 1 aromatic heterocycles. The van der Waals surface area contributed by atoms with Crippen LogP contribution in [0.3, 0.4) is 0 Å². The molecule has 0 radical (unpaired) electrons. The van der Waals surface area contributed by atoms with Crippen molar-refractivity contribution >= 4 is 5.96 Å². The van der Waals surface area contributed by atoms with Crippen molar-refractivity contribution < 1.29 is 5.11 Å². The van der Waals surface area contributed by atoms with Crippen molar-refractivity contribution in [1.29, 1.82) is 0 Å². The Balaban J connectivity index is 1.56. The molecule has 0 bridgehead atoms. The lowest BCUT2D eigenvalue weighted by molar-refractivity contribution is 0.136. The molecule has 1 aliphatic carbocycles. The zero-order valence-corrected chi connectivity index (χ0v) is 13.9. The summed E-state index contributed by atoms with van der Waals surface area (Å²) in [7, 11) is 0. The third kappa shape index (κ3) is 4.02. The van der Waals surface area contributed by atoms with E-state index in [-0.39, 0.29) is 6.10 Å². The number of aliphatic imine (C=N–C) groups is 1. The molecule has 23 heavy (non-hydrogen) atoms. The molecule has 7 heteroatoms. The maximum atomic E-state index is 9.96. The second-order valence-corrected chi connectivity index (χ2v) is 6.58. The lowest BCUT2D eigenvalue weighted by Crippen LogP contribution is -2.45. The van der Waals surface area contributed by atoms with Gasteiger partial charge >= 0.3 is 0 Å². The van der Waals surface area contributed by atoms with Crippen LogP contribution in [0.15, 0.2) is 11.3 Å². The Labute approximate surface area is 137 Å². The van der Waals surface area contributed by atoms with Gasteiger partial charge < -0.3 is 15.3 Å². The van der Waals surface area contributed by atoms with E-state index in [1.807, 2.05) is 0 Å². The third-order valence-corrected chi connectivity index (χ3v) is 5.04. The molecule has 7 nitrogen and oxygen atoms in total. The number of hydrogen-bond acceptors (Lipinski definition) is 4. The smallest absolute Gasteiger partial charge is 0.193 e. The lowest BCUT2D eigenvalue weighted by Gasteiger charge is -2.33. The van der Waals surface area contributed by atoms with Crippen molar-refractivity contribution in [2.75, 3.05) is 26.2 Å². The largest absolute Gasteiger partial charge is 0.393 e. The van der Waals surface area contributed by atoms with E-state index in [1.54, 1.807) is 6.33 Å². The van der Waals surface area contributed by atoms with Crippen molar-refractivity contribution in [3.8, 4) is 0 Å². The van der Waals surface area contributed by atoms with Crippen molar-refractivity contribution in [1.82, 2.24) is 25.4 Å². The van der Waals surface area contributed by atoms with Crippen LogP contribution < -0.4 is 5.32 Å². The van der Waals surface area contributed by atoms with Gasteiger partial charge in [-0.05, 0) is 32.6 Å². The van der Waals surface area contributed by atoms with Crippen LogP contribution in [-0.2, 0) is 0 Å². The Morgan fingerprint density at radius 1 is 1.39 bits per heavy atom. The fourth-order valence-corrected chi connectivity index (χ4v) is 3.64. The molecule has 1 aliphatic heterocycles. The highest BCUT2D eigenvalue weighted by Gasteiger charge is 2.27. The molecule has 1 aromatic rings. The second-order valence-electron chi connectivity index (χ2n) is 6.58. The molecule has 1 saturated carbocycles. The highest BCUT2D eigenvalue weighted by molar-refractivity contribution is 5.80. The SMILES string of the molecule is CCNC(=NCC1CCCC1O)N1CCC(c2ncn[nH]2)CC1. The zero-order chi connectivity index (χ0) is 16.1. The molecular weight excluding hydrogens is 292 g/mol. The fourth-order valence-electron chi connectivity index (χ4n) is 3.64. The molecule has 0 aromatic carbocycles. The molecule has 2 aliphatic rings. The van der Waals surface area contributed by atoms with Gasteiger partial charge in [-0.1, -0.05) is 6.42 Å². The number of piperidine rings is 1. The van der Waals surface area contributed by atoms with Crippen molar-refractivity contribution in [2.45, 2.75) is 51.0 Å². The highest BCUT2D eigenvalue weighted by Crippen LogP contribution is 2.27. The molecule has 1 saturated heterocycles. The standard InChI is InChI=1S/C16H28N6O/c1-2-17-16(18-10-13-4-3-5-14(13)23)22-8-6-12(7-9-22)15-19-11-20-21-15/h11-14,23H,2-10H2,1H3,(H,17,18)(H,19,20,21). The van der Waals surface area contributed by atoms with E-state index in [1.165, 1.54) is 0 Å². The van der Waals surface area contributed by atoms with E-state index in [0.717, 1.165) is 70.1 Å². The molecular formula is C16H28N6O. The van der Waals surface area contributed by atoms with Crippen molar-refractivity contribution in [3.63, 3.8) is 0 Å². The Kier molecular flexibility index (Phi) is 5.48. The Bertz CT molecular complexity index is 495. The fraction of sp³-hybridized carbons (Fsp3) is 0.812. The summed E-state index contributed by atoms with van der Waals surface area (Å²) < 4.78 is 0. The number of aromatic nitrogens is 3. The number of guanidine groups is 1. The van der Waals surface area contributed by atoms with Gasteiger partial charge in [0.05, 0.1) is 6.10 Å². The van der Waals surface area contributed by atoms with E-state index in [9.17, 15) is 5.11 Å². The normalized spacial score (nSPS) is 26.7. The van der Waals surface area contributed by atoms with Crippen LogP contribution in [0.4, 0.5) is 0 Å². The molecule has 0 amide bonds. The van der Waals surface area contributed by atoms with Gasteiger partial charge in [0.1, 0.15) is 12.2 Å². The number of aliphatic hydroxyl groups is 1. The summed E-state index contributed by atoms with van der Waals surface area (Å²) in [5, 5.41) is 20.3. The summed E-state index contributed by atoms with van der Waals surface area (Å²) in [5.74, 6) is 2.78. The van der Waals surface area contributed by atoms with Crippen molar-refractivity contribution in [2.24, 2.45) is 10.9 Å². The molecule has 3 N–H and O–H groups in total. The predicted molar refractivity (Wildman–Crippen MR) is 89.3 cm³/mol. The average Bonchev–Trinajstić information content (AvgIpc) is 3.24. The first-order valence-corrected chi connectivity index (χ1v) is 8.84. The Hall–Kier alpha value is -1.63. The first kappa shape index (κ1) is 16.2. The highest BCUT2D eigenvalue weighted by atomic mass is 16.3. The van der Waals surface area contributed by atoms with Crippen LogP contribution in [0.25, 0.3) is 0 Å². The average molecular weight is 320 g/mol. The van der Waals surface area contributed by atoms with Crippen molar-refractivity contribution in [3.05, 3.63) is 12.2 Å². The molecule has 128 valence electrons. The molecule has 2 atom stereocenters. The second kappa shape index (κ2) is 7.77. The number of hydrogen-bond donors (Lipinski definition) is 3. The predicted octanol–water partition coefficient (Wildman–Crippen LogP) is 1.11. The minimum atomic E-state index is -0.168. The number of nitrogens with one attached hydrogen (secondary N) is 2. The van der Waals surface area contributed by atoms with E-state index >= 15 is 0 Å². The van der Waals surface area contributed by atoms with E-state index in [4.69, 9.17) is 4.99 Å². The summed E-state index contributed by atoms with van der Waals surface area (Å²) in [4.78, 5) is 11.4. The van der Waals surface area contributed by atoms with Gasteiger partial charge in [0, 0.05) is 38.0 Å². The Morgan fingerprint density at radius 3 is 2.83 bits per heavy atom. The zero-order valence-electron chi connectivity index (χ0n) is 13.9. The van der Waals surface area contributed by atoms with Crippen LogP contribution in [0.2, 0.25) is 0 Å². The molecule has 3 rings (SSSR count). The van der Waals surface area contributed by atoms with Crippen LogP contribution in [-0.4, -0.2) is 63.4 Å². The van der Waals surface area contributed by atoms with E-state index in [0.29, 0.717) is 11.8 Å². The number of H-pyrrole nitrogens is 1. The summed E-state index contributed by atoms with van der Waals surface area (Å²) in [6.45, 7) is 5.65. The minimum absolute atomic E-state index is 0.168. The van der Waals surface area contributed by atoms with E-state index < -0.39 is 0 Å². The van der Waals surface area contributed by atoms with Gasteiger partial charge in [0.25, 0.3) is 0 Å². The van der Waals surface area contributed by atoms with Gasteiger partial charge in [0.2, 0.25) is 0 Å². The topological polar surface area (TPSA) is 89.4 Å². The van der Waals surface area contributed by atoms with Gasteiger partial charge in [-0.2, -0.15) is 5.10 Å². The molecule has 2 unspecified atom stereocenters. The van der Waals surface area contributed by atoms with Crippen LogP contribution in [0, 0.1) is 5.92 Å². The minimum Gasteiger partial charge on any atom is -0.393 e. The number of likely N-dealkylation sites (tertiary alicyclic amines) is 1. The van der Waals surface area contributed by atoms with Gasteiger partial charge in [0.15, 0.2) is 5.96 Å². The molecule has 2 heterocycles. The maximum Gasteiger partial charge on any atom is 0.193 e. The maximum absolute atomic E-state index is 9.96. The number of aliphatic hydroxyl groups excluding tert-OH is 1. The summed E-state index contributed by atoms with van der Waals surface area (Å²) in [5.41, 5.74) is 0. The van der Waals surface area contributed by atoms with Gasteiger partial charge in [-0.3, -0.25) is 10.1 Å². The first-order chi connectivity index (χ1) is 11.3. The van der Waals surface area contributed by atoms with Crippen LogP contribution in [0.1, 0.15) is 50.8 Å². The van der Waals surface area contributed by atoms with Crippen LogP contribution >= 0.6 is 0 Å². The molecule has 0 spiro atoms. The number of rotatable bonds is 4. The van der Waals surface area contributed by atoms with Gasteiger partial charge in [-0.25, -0.2) is 4.98 Å². The number of nitrogens with zero attached hydrogens (tertiary/aromatic N) is 4. The van der Waals surface area contributed by atoms with Crippen LogP contribution in [0.5, 0.6) is 0 Å². The first-order valence-electron chi connectivity index (χ1n) is 8.84. The van der Waals surface area contributed by atoms with Gasteiger partial charge in [-0.15, -0.1) is 0 Å². The number of aromatic amines is 1. The summed E-state index contributed by atoms with van der Waals surface area (Å²) in [6, 6.07) is 0. The summed E-state index contributed by atoms with van der Waals surface area (Å²) >= 11 is 0.